The van der Waals surface area contributed by atoms with Crippen molar-refractivity contribution in [1.29, 1.82) is 0 Å². The van der Waals surface area contributed by atoms with Gasteiger partial charge in [-0.05, 0) is 27.8 Å². The normalized spacial score (nSPS) is 12.7. The van der Waals surface area contributed by atoms with Gasteiger partial charge in [-0.2, -0.15) is 0 Å². The monoisotopic (exact) mass is 296 g/mol. The smallest absolute Gasteiger partial charge is 0.185 e. The molecule has 0 radical (unpaired) electrons. The van der Waals surface area contributed by atoms with Gasteiger partial charge in [-0.1, -0.05) is 0 Å². The first-order chi connectivity index (χ1) is 9.01. The molecular formula is C13H20N4S2. The molecule has 0 saturated heterocycles. The molecule has 19 heavy (non-hydrogen) atoms. The van der Waals surface area contributed by atoms with Gasteiger partial charge in [0.1, 0.15) is 0 Å². The summed E-state index contributed by atoms with van der Waals surface area (Å²) >= 11 is 3.45. The largest absolute Gasteiger partial charge is 0.345 e. The quantitative estimate of drug-likeness (QED) is 0.920. The van der Waals surface area contributed by atoms with Crippen molar-refractivity contribution in [1.82, 2.24) is 15.3 Å². The summed E-state index contributed by atoms with van der Waals surface area (Å²) in [5, 5.41) is 7.55. The molecule has 0 fully saturated rings. The van der Waals surface area contributed by atoms with Gasteiger partial charge in [0.2, 0.25) is 0 Å². The Bertz CT molecular complexity index is 547. The van der Waals surface area contributed by atoms with Crippen LogP contribution >= 0.6 is 22.7 Å². The van der Waals surface area contributed by atoms with Crippen molar-refractivity contribution in [3.8, 4) is 0 Å². The zero-order valence-corrected chi connectivity index (χ0v) is 13.7. The number of aromatic nitrogens is 2. The van der Waals surface area contributed by atoms with Crippen LogP contribution in [0.2, 0.25) is 0 Å². The van der Waals surface area contributed by atoms with E-state index in [0.29, 0.717) is 6.04 Å². The van der Waals surface area contributed by atoms with Gasteiger partial charge in [-0.3, -0.25) is 0 Å². The highest BCUT2D eigenvalue weighted by Gasteiger charge is 2.15. The molecule has 2 aromatic heterocycles. The average Bonchev–Trinajstić information content (AvgIpc) is 2.95. The topological polar surface area (TPSA) is 41.0 Å². The van der Waals surface area contributed by atoms with E-state index in [9.17, 15) is 0 Å². The van der Waals surface area contributed by atoms with Gasteiger partial charge >= 0.3 is 0 Å². The van der Waals surface area contributed by atoms with Gasteiger partial charge in [0.15, 0.2) is 5.13 Å². The third-order valence-electron chi connectivity index (χ3n) is 3.04. The summed E-state index contributed by atoms with van der Waals surface area (Å²) in [6, 6.07) is 0.348. The molecule has 0 saturated carbocycles. The summed E-state index contributed by atoms with van der Waals surface area (Å²) in [5.41, 5.74) is 2.23. The molecule has 1 N–H and O–H groups in total. The molecule has 0 aliphatic carbocycles. The number of hydrogen-bond acceptors (Lipinski definition) is 6. The molecule has 0 spiro atoms. The molecule has 0 aromatic carbocycles. The van der Waals surface area contributed by atoms with E-state index in [1.54, 1.807) is 22.7 Å². The standard InChI is InChI=1S/C13H20N4S2/c1-8(14-4)12-9(2)15-13(19-12)17(5)6-11-7-18-10(3)16-11/h7-8,14H,6H2,1-5H3. The number of anilines is 1. The van der Waals surface area contributed by atoms with E-state index in [1.807, 2.05) is 14.0 Å². The van der Waals surface area contributed by atoms with Crippen molar-refractivity contribution < 1.29 is 0 Å². The van der Waals surface area contributed by atoms with E-state index in [0.717, 1.165) is 28.1 Å². The predicted octanol–water partition coefficient (Wildman–Crippen LogP) is 3.13. The van der Waals surface area contributed by atoms with Gasteiger partial charge in [-0.15, -0.1) is 22.7 Å². The molecule has 1 atom stereocenters. The number of nitrogens with one attached hydrogen (secondary N) is 1. The first-order valence-electron chi connectivity index (χ1n) is 6.28. The molecule has 0 aliphatic rings. The lowest BCUT2D eigenvalue weighted by Gasteiger charge is -2.13. The summed E-state index contributed by atoms with van der Waals surface area (Å²) in [6.07, 6.45) is 0. The Morgan fingerprint density at radius 3 is 2.68 bits per heavy atom. The van der Waals surface area contributed by atoms with Crippen molar-refractivity contribution in [2.24, 2.45) is 0 Å². The number of aryl methyl sites for hydroxylation is 2. The third kappa shape index (κ3) is 3.32. The van der Waals surface area contributed by atoms with Crippen LogP contribution in [0.5, 0.6) is 0 Å². The Morgan fingerprint density at radius 1 is 1.37 bits per heavy atom. The van der Waals surface area contributed by atoms with Crippen molar-refractivity contribution in [2.75, 3.05) is 19.0 Å². The van der Waals surface area contributed by atoms with E-state index >= 15 is 0 Å². The van der Waals surface area contributed by atoms with Crippen LogP contribution in [0.25, 0.3) is 0 Å². The lowest BCUT2D eigenvalue weighted by atomic mass is 10.2. The summed E-state index contributed by atoms with van der Waals surface area (Å²) in [4.78, 5) is 12.6. The van der Waals surface area contributed by atoms with Crippen LogP contribution < -0.4 is 10.2 Å². The van der Waals surface area contributed by atoms with Crippen LogP contribution in [0, 0.1) is 13.8 Å². The Labute approximate surface area is 122 Å². The average molecular weight is 296 g/mol. The fourth-order valence-corrected chi connectivity index (χ4v) is 3.57. The Kier molecular flexibility index (Phi) is 4.54. The van der Waals surface area contributed by atoms with E-state index in [1.165, 1.54) is 4.88 Å². The summed E-state index contributed by atoms with van der Waals surface area (Å²) < 4.78 is 0. The highest BCUT2D eigenvalue weighted by Crippen LogP contribution is 2.30. The van der Waals surface area contributed by atoms with Crippen LogP contribution in [0.1, 0.15) is 34.2 Å². The second-order valence-corrected chi connectivity index (χ2v) is 6.74. The van der Waals surface area contributed by atoms with Crippen molar-refractivity contribution in [2.45, 2.75) is 33.4 Å². The van der Waals surface area contributed by atoms with E-state index in [2.05, 4.69) is 46.5 Å². The van der Waals surface area contributed by atoms with Crippen molar-refractivity contribution >= 4 is 27.8 Å². The molecule has 2 aromatic rings. The zero-order chi connectivity index (χ0) is 14.0. The third-order valence-corrected chi connectivity index (χ3v) is 5.32. The molecule has 104 valence electrons. The Hall–Kier alpha value is -0.980. The van der Waals surface area contributed by atoms with E-state index in [-0.39, 0.29) is 0 Å². The molecule has 4 nitrogen and oxygen atoms in total. The molecule has 2 rings (SSSR count). The molecule has 1 unspecified atom stereocenters. The fourth-order valence-electron chi connectivity index (χ4n) is 1.88. The maximum absolute atomic E-state index is 4.66. The van der Waals surface area contributed by atoms with Crippen LogP contribution in [0.4, 0.5) is 5.13 Å². The summed E-state index contributed by atoms with van der Waals surface area (Å²) in [7, 11) is 4.05. The van der Waals surface area contributed by atoms with Crippen LogP contribution in [0.15, 0.2) is 5.38 Å². The first kappa shape index (κ1) is 14.4. The van der Waals surface area contributed by atoms with Gasteiger partial charge in [0.05, 0.1) is 22.9 Å². The number of hydrogen-bond donors (Lipinski definition) is 1. The maximum Gasteiger partial charge on any atom is 0.185 e. The van der Waals surface area contributed by atoms with E-state index < -0.39 is 0 Å². The SMILES string of the molecule is CNC(C)c1sc(N(C)Cc2csc(C)n2)nc1C. The molecule has 6 heteroatoms. The fraction of sp³-hybridized carbons (Fsp3) is 0.538. The minimum Gasteiger partial charge on any atom is -0.345 e. The van der Waals surface area contributed by atoms with Gasteiger partial charge in [-0.25, -0.2) is 9.97 Å². The molecule has 2 heterocycles. The second kappa shape index (κ2) is 5.98. The van der Waals surface area contributed by atoms with Crippen molar-refractivity contribution in [3.05, 3.63) is 26.7 Å². The van der Waals surface area contributed by atoms with E-state index in [4.69, 9.17) is 0 Å². The predicted molar refractivity (Wildman–Crippen MR) is 83.3 cm³/mol. The minimum absolute atomic E-state index is 0.348. The summed E-state index contributed by atoms with van der Waals surface area (Å²) in [6.45, 7) is 7.08. The lowest BCUT2D eigenvalue weighted by molar-refractivity contribution is 0.658. The van der Waals surface area contributed by atoms with Crippen molar-refractivity contribution in [3.63, 3.8) is 0 Å². The zero-order valence-electron chi connectivity index (χ0n) is 12.0. The van der Waals surface area contributed by atoms with Crippen LogP contribution in [-0.2, 0) is 6.54 Å². The van der Waals surface area contributed by atoms with Gasteiger partial charge in [0, 0.05) is 23.3 Å². The van der Waals surface area contributed by atoms with Gasteiger partial charge < -0.3 is 10.2 Å². The van der Waals surface area contributed by atoms with Crippen LogP contribution in [-0.4, -0.2) is 24.1 Å². The second-order valence-electron chi connectivity index (χ2n) is 4.67. The number of rotatable bonds is 5. The lowest BCUT2D eigenvalue weighted by Crippen LogP contribution is -2.16. The van der Waals surface area contributed by atoms with Gasteiger partial charge in [0.25, 0.3) is 0 Å². The molecule has 0 amide bonds. The first-order valence-corrected chi connectivity index (χ1v) is 7.97. The summed E-state index contributed by atoms with van der Waals surface area (Å²) in [5.74, 6) is 0. The Morgan fingerprint density at radius 2 is 2.11 bits per heavy atom. The van der Waals surface area contributed by atoms with Crippen LogP contribution in [0.3, 0.4) is 0 Å². The highest BCUT2D eigenvalue weighted by atomic mass is 32.1. The molecule has 0 aliphatic heterocycles. The number of nitrogens with zero attached hydrogens (tertiary/aromatic N) is 3. The molecular weight excluding hydrogens is 276 g/mol. The Balaban J connectivity index is 2.13. The molecule has 0 bridgehead atoms. The number of thiazole rings is 2. The highest BCUT2D eigenvalue weighted by molar-refractivity contribution is 7.15. The maximum atomic E-state index is 4.66. The minimum atomic E-state index is 0.348.